The molecule has 5 nitrogen and oxygen atoms in total. The van der Waals surface area contributed by atoms with Crippen molar-refractivity contribution in [1.82, 2.24) is 14.7 Å². The molecule has 8 heteroatoms. The standard InChI is InChI=1S/C24H27F3N4O/c1-16(2)30(23(32)18-13-11-17(3)12-14-18)15-20-21(24(25,26)27)28-31(22(20)29(4)5)19-9-7-6-8-10-19/h6-14,16H,15H2,1-5H3. The van der Waals surface area contributed by atoms with Crippen LogP contribution in [0.5, 0.6) is 0 Å². The number of aromatic nitrogens is 2. The van der Waals surface area contributed by atoms with Gasteiger partial charge in [0, 0.05) is 31.3 Å². The van der Waals surface area contributed by atoms with Gasteiger partial charge in [-0.3, -0.25) is 4.79 Å². The van der Waals surface area contributed by atoms with Crippen LogP contribution in [0.1, 0.15) is 41.0 Å². The maximum Gasteiger partial charge on any atom is 0.435 e. The number of benzene rings is 2. The van der Waals surface area contributed by atoms with E-state index in [2.05, 4.69) is 5.10 Å². The molecule has 0 saturated heterocycles. The number of alkyl halides is 3. The highest BCUT2D eigenvalue weighted by atomic mass is 19.4. The maximum absolute atomic E-state index is 14.0. The molecule has 0 N–H and O–H groups in total. The third-order valence-electron chi connectivity index (χ3n) is 5.16. The van der Waals surface area contributed by atoms with Gasteiger partial charge in [-0.05, 0) is 45.0 Å². The van der Waals surface area contributed by atoms with Crippen molar-refractivity contribution in [3.63, 3.8) is 0 Å². The first-order valence-corrected chi connectivity index (χ1v) is 10.3. The molecule has 170 valence electrons. The molecule has 0 saturated carbocycles. The molecule has 0 unspecified atom stereocenters. The summed E-state index contributed by atoms with van der Waals surface area (Å²) in [5.41, 5.74) is 0.901. The van der Waals surface area contributed by atoms with Crippen LogP contribution in [-0.2, 0) is 12.7 Å². The lowest BCUT2D eigenvalue weighted by Crippen LogP contribution is -2.37. The van der Waals surface area contributed by atoms with Crippen LogP contribution in [0.2, 0.25) is 0 Å². The zero-order chi connectivity index (χ0) is 23.6. The molecule has 2 aromatic carbocycles. The van der Waals surface area contributed by atoms with Crippen molar-refractivity contribution in [3.05, 3.63) is 77.0 Å². The number of carbonyl (C=O) groups excluding carboxylic acids is 1. The van der Waals surface area contributed by atoms with Gasteiger partial charge in [0.25, 0.3) is 5.91 Å². The first kappa shape index (κ1) is 23.4. The van der Waals surface area contributed by atoms with Crippen molar-refractivity contribution in [3.8, 4) is 5.69 Å². The van der Waals surface area contributed by atoms with Gasteiger partial charge in [-0.2, -0.15) is 18.3 Å². The summed E-state index contributed by atoms with van der Waals surface area (Å²) in [6, 6.07) is 15.3. The van der Waals surface area contributed by atoms with Crippen LogP contribution in [0.25, 0.3) is 5.69 Å². The minimum Gasteiger partial charge on any atom is -0.362 e. The second-order valence-corrected chi connectivity index (χ2v) is 8.18. The molecule has 0 bridgehead atoms. The number of hydrogen-bond donors (Lipinski definition) is 0. The molecular formula is C24H27F3N4O. The highest BCUT2D eigenvalue weighted by Crippen LogP contribution is 2.38. The second kappa shape index (κ2) is 9.06. The number of anilines is 1. The zero-order valence-corrected chi connectivity index (χ0v) is 18.8. The van der Waals surface area contributed by atoms with Crippen LogP contribution >= 0.6 is 0 Å². The van der Waals surface area contributed by atoms with Crippen LogP contribution < -0.4 is 4.90 Å². The van der Waals surface area contributed by atoms with Crippen LogP contribution in [0.4, 0.5) is 19.0 Å². The number of para-hydroxylation sites is 1. The van der Waals surface area contributed by atoms with Crippen LogP contribution in [-0.4, -0.2) is 40.7 Å². The normalized spacial score (nSPS) is 11.7. The Morgan fingerprint density at radius 2 is 1.62 bits per heavy atom. The Morgan fingerprint density at radius 1 is 1.03 bits per heavy atom. The molecule has 3 aromatic rings. The summed E-state index contributed by atoms with van der Waals surface area (Å²) in [5.74, 6) is -0.0452. The minimum atomic E-state index is -4.67. The van der Waals surface area contributed by atoms with E-state index in [1.54, 1.807) is 75.3 Å². The molecule has 0 spiro atoms. The summed E-state index contributed by atoms with van der Waals surface area (Å²) in [7, 11) is 3.34. The highest BCUT2D eigenvalue weighted by molar-refractivity contribution is 5.94. The van der Waals surface area contributed by atoms with Crippen molar-refractivity contribution in [2.75, 3.05) is 19.0 Å². The molecule has 0 aliphatic rings. The maximum atomic E-state index is 14.0. The number of rotatable bonds is 6. The lowest BCUT2D eigenvalue weighted by Gasteiger charge is -2.28. The van der Waals surface area contributed by atoms with E-state index < -0.39 is 11.9 Å². The monoisotopic (exact) mass is 444 g/mol. The number of hydrogen-bond acceptors (Lipinski definition) is 3. The van der Waals surface area contributed by atoms with Gasteiger partial charge < -0.3 is 9.80 Å². The smallest absolute Gasteiger partial charge is 0.362 e. The van der Waals surface area contributed by atoms with Gasteiger partial charge in [0.2, 0.25) is 0 Å². The predicted octanol–water partition coefficient (Wildman–Crippen LogP) is 5.32. The van der Waals surface area contributed by atoms with Gasteiger partial charge in [0.1, 0.15) is 5.82 Å². The second-order valence-electron chi connectivity index (χ2n) is 8.18. The fourth-order valence-electron chi connectivity index (χ4n) is 3.54. The Kier molecular flexibility index (Phi) is 6.62. The Hall–Kier alpha value is -3.29. The van der Waals surface area contributed by atoms with Gasteiger partial charge in [-0.1, -0.05) is 35.9 Å². The Balaban J connectivity index is 2.14. The highest BCUT2D eigenvalue weighted by Gasteiger charge is 2.41. The fraction of sp³-hybridized carbons (Fsp3) is 0.333. The SMILES string of the molecule is Cc1ccc(C(=O)N(Cc2c(C(F)(F)F)nn(-c3ccccc3)c2N(C)C)C(C)C)cc1. The largest absolute Gasteiger partial charge is 0.435 e. The predicted molar refractivity (Wildman–Crippen MR) is 119 cm³/mol. The van der Waals surface area contributed by atoms with Gasteiger partial charge in [-0.15, -0.1) is 0 Å². The topological polar surface area (TPSA) is 41.4 Å². The average molecular weight is 445 g/mol. The molecular weight excluding hydrogens is 417 g/mol. The van der Waals surface area contributed by atoms with E-state index in [-0.39, 0.29) is 29.9 Å². The average Bonchev–Trinajstić information content (AvgIpc) is 3.12. The Morgan fingerprint density at radius 3 is 2.12 bits per heavy atom. The van der Waals surface area contributed by atoms with Crippen molar-refractivity contribution in [2.24, 2.45) is 0 Å². The molecule has 32 heavy (non-hydrogen) atoms. The number of aryl methyl sites for hydroxylation is 1. The minimum absolute atomic E-state index is 0.0412. The Bertz CT molecular complexity index is 1070. The fourth-order valence-corrected chi connectivity index (χ4v) is 3.54. The van der Waals surface area contributed by atoms with E-state index in [0.29, 0.717) is 11.3 Å². The third-order valence-corrected chi connectivity index (χ3v) is 5.16. The summed E-state index contributed by atoms with van der Waals surface area (Å²) in [4.78, 5) is 16.3. The van der Waals surface area contributed by atoms with E-state index in [1.807, 2.05) is 19.1 Å². The molecule has 0 aliphatic carbocycles. The van der Waals surface area contributed by atoms with Crippen molar-refractivity contribution in [1.29, 1.82) is 0 Å². The molecule has 1 aromatic heterocycles. The van der Waals surface area contributed by atoms with Crippen molar-refractivity contribution < 1.29 is 18.0 Å². The molecule has 3 rings (SSSR count). The Labute approximate surface area is 186 Å². The van der Waals surface area contributed by atoms with Gasteiger partial charge in [-0.25, -0.2) is 4.68 Å². The van der Waals surface area contributed by atoms with Crippen LogP contribution in [0.15, 0.2) is 54.6 Å². The van der Waals surface area contributed by atoms with Crippen LogP contribution in [0, 0.1) is 6.92 Å². The van der Waals surface area contributed by atoms with E-state index in [9.17, 15) is 18.0 Å². The molecule has 0 radical (unpaired) electrons. The first-order valence-electron chi connectivity index (χ1n) is 10.3. The van der Waals surface area contributed by atoms with Gasteiger partial charge >= 0.3 is 6.18 Å². The summed E-state index contributed by atoms with van der Waals surface area (Å²) in [5, 5.41) is 3.94. The van der Waals surface area contributed by atoms with E-state index in [4.69, 9.17) is 0 Å². The number of amides is 1. The molecule has 0 atom stereocenters. The molecule has 1 heterocycles. The lowest BCUT2D eigenvalue weighted by molar-refractivity contribution is -0.142. The van der Waals surface area contributed by atoms with E-state index in [1.165, 1.54) is 9.58 Å². The number of nitrogens with zero attached hydrogens (tertiary/aromatic N) is 4. The number of carbonyl (C=O) groups is 1. The lowest BCUT2D eigenvalue weighted by atomic mass is 10.1. The van der Waals surface area contributed by atoms with Crippen LogP contribution in [0.3, 0.4) is 0 Å². The van der Waals surface area contributed by atoms with Crippen molar-refractivity contribution in [2.45, 2.75) is 39.5 Å². The molecule has 0 fully saturated rings. The van der Waals surface area contributed by atoms with Gasteiger partial charge in [0.15, 0.2) is 5.69 Å². The summed E-state index contributed by atoms with van der Waals surface area (Å²) < 4.78 is 43.4. The molecule has 0 aliphatic heterocycles. The summed E-state index contributed by atoms with van der Waals surface area (Å²) in [6.45, 7) is 5.26. The quantitative estimate of drug-likeness (QED) is 0.517. The van der Waals surface area contributed by atoms with E-state index in [0.717, 1.165) is 5.56 Å². The van der Waals surface area contributed by atoms with Gasteiger partial charge in [0.05, 0.1) is 12.2 Å². The zero-order valence-electron chi connectivity index (χ0n) is 18.8. The van der Waals surface area contributed by atoms with E-state index >= 15 is 0 Å². The first-order chi connectivity index (χ1) is 15.0. The third kappa shape index (κ3) is 4.79. The summed E-state index contributed by atoms with van der Waals surface area (Å²) in [6.07, 6.45) is -4.67. The number of halogens is 3. The van der Waals surface area contributed by atoms with Crippen molar-refractivity contribution >= 4 is 11.7 Å². The molecule has 1 amide bonds. The summed E-state index contributed by atoms with van der Waals surface area (Å²) >= 11 is 0.